The number of carbonyl (C=O) groups excluding carboxylic acids is 1. The molecule has 0 aliphatic heterocycles. The number of thioether (sulfide) groups is 1. The zero-order valence-electron chi connectivity index (χ0n) is 9.70. The summed E-state index contributed by atoms with van der Waals surface area (Å²) in [5.74, 6) is -1.32. The van der Waals surface area contributed by atoms with Gasteiger partial charge < -0.3 is 0 Å². The number of ketones is 1. The summed E-state index contributed by atoms with van der Waals surface area (Å²) in [7, 11) is 0. The van der Waals surface area contributed by atoms with Crippen molar-refractivity contribution in [1.29, 1.82) is 0 Å². The molecule has 0 aliphatic rings. The van der Waals surface area contributed by atoms with Crippen LogP contribution in [0.3, 0.4) is 0 Å². The van der Waals surface area contributed by atoms with Gasteiger partial charge in [0.1, 0.15) is 11.6 Å². The lowest BCUT2D eigenvalue weighted by molar-refractivity contribution is 0.101. The van der Waals surface area contributed by atoms with Crippen LogP contribution in [0, 0.1) is 11.6 Å². The first-order valence-electron chi connectivity index (χ1n) is 5.43. The van der Waals surface area contributed by atoms with E-state index in [0.717, 1.165) is 11.8 Å². The predicted octanol–water partition coefficient (Wildman–Crippen LogP) is 4.70. The molecule has 1 nitrogen and oxygen atoms in total. The summed E-state index contributed by atoms with van der Waals surface area (Å²) in [6.45, 7) is 0. The minimum Gasteiger partial charge on any atom is -0.293 e. The highest BCUT2D eigenvalue weighted by Crippen LogP contribution is 2.23. The van der Waals surface area contributed by atoms with Gasteiger partial charge in [0.2, 0.25) is 0 Å². The Hall–Kier alpha value is -1.20. The van der Waals surface area contributed by atoms with Crippen LogP contribution in [0.4, 0.5) is 8.78 Å². The Labute approximate surface area is 122 Å². The van der Waals surface area contributed by atoms with Gasteiger partial charge in [0.15, 0.2) is 5.78 Å². The number of halogens is 3. The largest absolute Gasteiger partial charge is 0.293 e. The van der Waals surface area contributed by atoms with Crippen molar-refractivity contribution in [2.24, 2.45) is 0 Å². The minimum absolute atomic E-state index is 0.00565. The van der Waals surface area contributed by atoms with E-state index in [1.54, 1.807) is 18.2 Å². The van der Waals surface area contributed by atoms with Crippen molar-refractivity contribution < 1.29 is 13.6 Å². The SMILES string of the molecule is O=C(CSc1ccccc1F)c1cc(Br)ccc1F. The molecule has 0 heterocycles. The Kier molecular flexibility index (Phi) is 4.71. The van der Waals surface area contributed by atoms with Crippen LogP contribution in [0.25, 0.3) is 0 Å². The fourth-order valence-electron chi connectivity index (χ4n) is 1.49. The summed E-state index contributed by atoms with van der Waals surface area (Å²) in [5, 5.41) is 0. The zero-order chi connectivity index (χ0) is 13.8. The van der Waals surface area contributed by atoms with E-state index in [9.17, 15) is 13.6 Å². The summed E-state index contributed by atoms with van der Waals surface area (Å²) < 4.78 is 27.5. The maximum Gasteiger partial charge on any atom is 0.176 e. The fourth-order valence-corrected chi connectivity index (χ4v) is 2.68. The van der Waals surface area contributed by atoms with Gasteiger partial charge in [-0.25, -0.2) is 8.78 Å². The van der Waals surface area contributed by atoms with Crippen molar-refractivity contribution in [1.82, 2.24) is 0 Å². The van der Waals surface area contributed by atoms with Crippen molar-refractivity contribution in [2.75, 3.05) is 5.75 Å². The molecule has 0 unspecified atom stereocenters. The second-order valence-electron chi connectivity index (χ2n) is 3.77. The smallest absolute Gasteiger partial charge is 0.176 e. The van der Waals surface area contributed by atoms with Crippen LogP contribution < -0.4 is 0 Å². The molecule has 2 aromatic rings. The van der Waals surface area contributed by atoms with E-state index in [2.05, 4.69) is 15.9 Å². The van der Waals surface area contributed by atoms with Gasteiger partial charge in [-0.1, -0.05) is 28.1 Å². The number of rotatable bonds is 4. The van der Waals surface area contributed by atoms with E-state index in [-0.39, 0.29) is 22.9 Å². The van der Waals surface area contributed by atoms with Crippen molar-refractivity contribution in [3.63, 3.8) is 0 Å². The molecule has 2 rings (SSSR count). The van der Waals surface area contributed by atoms with E-state index < -0.39 is 5.82 Å². The first-order chi connectivity index (χ1) is 9.08. The van der Waals surface area contributed by atoms with Crippen LogP contribution in [0.2, 0.25) is 0 Å². The van der Waals surface area contributed by atoms with E-state index in [0.29, 0.717) is 9.37 Å². The standard InChI is InChI=1S/C14H9BrF2OS/c15-9-5-6-11(16)10(7-9)13(18)8-19-14-4-2-1-3-12(14)17/h1-7H,8H2. The number of Topliss-reactive ketones (excluding diaryl/α,β-unsaturated/α-hetero) is 1. The van der Waals surface area contributed by atoms with Crippen LogP contribution in [-0.4, -0.2) is 11.5 Å². The van der Waals surface area contributed by atoms with Crippen LogP contribution >= 0.6 is 27.7 Å². The fraction of sp³-hybridized carbons (Fsp3) is 0.0714. The number of hydrogen-bond donors (Lipinski definition) is 0. The Morgan fingerprint density at radius 3 is 2.58 bits per heavy atom. The Morgan fingerprint density at radius 1 is 1.11 bits per heavy atom. The number of benzene rings is 2. The molecular weight excluding hydrogens is 334 g/mol. The van der Waals surface area contributed by atoms with E-state index in [1.165, 1.54) is 24.3 Å². The van der Waals surface area contributed by atoms with Gasteiger partial charge in [0.25, 0.3) is 0 Å². The molecular formula is C14H9BrF2OS. The molecule has 0 spiro atoms. The third kappa shape index (κ3) is 3.64. The van der Waals surface area contributed by atoms with Gasteiger partial charge in [-0.05, 0) is 30.3 Å². The Balaban J connectivity index is 2.10. The van der Waals surface area contributed by atoms with Gasteiger partial charge in [-0.2, -0.15) is 0 Å². The van der Waals surface area contributed by atoms with Crippen molar-refractivity contribution >= 4 is 33.5 Å². The molecule has 5 heteroatoms. The quantitative estimate of drug-likeness (QED) is 0.591. The van der Waals surface area contributed by atoms with E-state index in [4.69, 9.17) is 0 Å². The summed E-state index contributed by atoms with van der Waals surface area (Å²) in [4.78, 5) is 12.3. The number of hydrogen-bond acceptors (Lipinski definition) is 2. The number of carbonyl (C=O) groups is 1. The molecule has 0 saturated heterocycles. The van der Waals surface area contributed by atoms with Gasteiger partial charge in [-0.15, -0.1) is 11.8 Å². The molecule has 0 saturated carbocycles. The predicted molar refractivity (Wildman–Crippen MR) is 75.6 cm³/mol. The first kappa shape index (κ1) is 14.2. The molecule has 0 atom stereocenters. The normalized spacial score (nSPS) is 10.5. The molecule has 2 aromatic carbocycles. The third-order valence-electron chi connectivity index (χ3n) is 2.42. The third-order valence-corrected chi connectivity index (χ3v) is 3.97. The van der Waals surface area contributed by atoms with Crippen molar-refractivity contribution in [2.45, 2.75) is 4.90 Å². The molecule has 0 fully saturated rings. The highest BCUT2D eigenvalue weighted by molar-refractivity contribution is 9.10. The van der Waals surface area contributed by atoms with Gasteiger partial charge in [-0.3, -0.25) is 4.79 Å². The topological polar surface area (TPSA) is 17.1 Å². The van der Waals surface area contributed by atoms with Gasteiger partial charge >= 0.3 is 0 Å². The lowest BCUT2D eigenvalue weighted by Gasteiger charge is -2.04. The monoisotopic (exact) mass is 342 g/mol. The molecule has 0 radical (unpaired) electrons. The molecule has 0 aliphatic carbocycles. The first-order valence-corrected chi connectivity index (χ1v) is 7.21. The van der Waals surface area contributed by atoms with Crippen molar-refractivity contribution in [3.8, 4) is 0 Å². The van der Waals surface area contributed by atoms with E-state index in [1.807, 2.05) is 0 Å². The lowest BCUT2D eigenvalue weighted by Crippen LogP contribution is -2.05. The van der Waals surface area contributed by atoms with Crippen LogP contribution in [-0.2, 0) is 0 Å². The highest BCUT2D eigenvalue weighted by atomic mass is 79.9. The minimum atomic E-state index is -0.567. The summed E-state index contributed by atoms with van der Waals surface area (Å²) in [6.07, 6.45) is 0. The van der Waals surface area contributed by atoms with E-state index >= 15 is 0 Å². The zero-order valence-corrected chi connectivity index (χ0v) is 12.1. The Morgan fingerprint density at radius 2 is 1.84 bits per heavy atom. The molecule has 0 aromatic heterocycles. The average molecular weight is 343 g/mol. The average Bonchev–Trinajstić information content (AvgIpc) is 2.40. The van der Waals surface area contributed by atoms with Gasteiger partial charge in [0.05, 0.1) is 11.3 Å². The van der Waals surface area contributed by atoms with Crippen LogP contribution in [0.5, 0.6) is 0 Å². The molecule has 0 bridgehead atoms. The van der Waals surface area contributed by atoms with Gasteiger partial charge in [0, 0.05) is 9.37 Å². The summed E-state index contributed by atoms with van der Waals surface area (Å²) in [6, 6.07) is 10.4. The van der Waals surface area contributed by atoms with Crippen molar-refractivity contribution in [3.05, 3.63) is 64.1 Å². The molecule has 19 heavy (non-hydrogen) atoms. The molecule has 0 N–H and O–H groups in total. The highest BCUT2D eigenvalue weighted by Gasteiger charge is 2.13. The van der Waals surface area contributed by atoms with Crippen LogP contribution in [0.15, 0.2) is 51.8 Å². The molecule has 0 amide bonds. The summed E-state index contributed by atoms with van der Waals surface area (Å²) in [5.41, 5.74) is 0.0122. The summed E-state index contributed by atoms with van der Waals surface area (Å²) >= 11 is 4.24. The maximum absolute atomic E-state index is 13.5. The Bertz CT molecular complexity index is 616. The maximum atomic E-state index is 13.5. The second-order valence-corrected chi connectivity index (χ2v) is 5.70. The van der Waals surface area contributed by atoms with Crippen LogP contribution in [0.1, 0.15) is 10.4 Å². The lowest BCUT2D eigenvalue weighted by atomic mass is 10.1. The second kappa shape index (κ2) is 6.30. The molecule has 98 valence electrons.